The molecule has 3 N–H and O–H groups in total. The zero-order valence-corrected chi connectivity index (χ0v) is 11.7. The largest absolute Gasteiger partial charge is 0.323 e. The van der Waals surface area contributed by atoms with Gasteiger partial charge in [-0.15, -0.1) is 0 Å². The number of carbonyl (C=O) groups is 1. The Hall–Kier alpha value is -2.40. The number of carbonyl (C=O) groups excluding carboxylic acids is 1. The van der Waals surface area contributed by atoms with Gasteiger partial charge >= 0.3 is 0 Å². The summed E-state index contributed by atoms with van der Waals surface area (Å²) in [7, 11) is 0. The lowest BCUT2D eigenvalue weighted by Gasteiger charge is -2.23. The molecule has 108 valence electrons. The number of hydrogen-bond acceptors (Lipinski definition) is 4. The van der Waals surface area contributed by atoms with Gasteiger partial charge in [0.25, 0.3) is 5.91 Å². The summed E-state index contributed by atoms with van der Waals surface area (Å²) < 4.78 is 0. The van der Waals surface area contributed by atoms with Crippen LogP contribution in [0.4, 0.5) is 11.4 Å². The van der Waals surface area contributed by atoms with Gasteiger partial charge in [0.05, 0.1) is 11.3 Å². The van der Waals surface area contributed by atoms with Crippen LogP contribution in [0.25, 0.3) is 0 Å². The Morgan fingerprint density at radius 2 is 2.10 bits per heavy atom. The van der Waals surface area contributed by atoms with Crippen LogP contribution < -0.4 is 16.2 Å². The molecule has 3 rings (SSSR count). The van der Waals surface area contributed by atoms with Gasteiger partial charge < -0.3 is 10.3 Å². The maximum absolute atomic E-state index is 12.9. The highest BCUT2D eigenvalue weighted by Gasteiger charge is 2.23. The lowest BCUT2D eigenvalue weighted by Crippen LogP contribution is -2.32. The number of hydrogen-bond donors (Lipinski definition) is 2. The predicted molar refractivity (Wildman–Crippen MR) is 83.1 cm³/mol. The summed E-state index contributed by atoms with van der Waals surface area (Å²) in [5.74, 6) is 5.43. The Kier molecular flexibility index (Phi) is 3.83. The van der Waals surface area contributed by atoms with E-state index in [4.69, 9.17) is 5.84 Å². The molecule has 1 aliphatic rings. The number of benzene rings is 1. The van der Waals surface area contributed by atoms with Crippen molar-refractivity contribution in [3.8, 4) is 0 Å². The standard InChI is InChI=1S/C16H18N4O/c17-19-14-8-9-18-11-13(14)16(21)20-10-4-3-6-12-5-1-2-7-15(12)20/h1-2,5,7-9,11H,3-4,6,10,17H2,(H,18,19). The van der Waals surface area contributed by atoms with Crippen LogP contribution in [-0.4, -0.2) is 17.4 Å². The lowest BCUT2D eigenvalue weighted by atomic mass is 10.1. The third-order valence-corrected chi connectivity index (χ3v) is 3.81. The number of pyridine rings is 1. The number of nitrogens with two attached hydrogens (primary N) is 1. The molecule has 1 amide bonds. The molecule has 0 spiro atoms. The summed E-state index contributed by atoms with van der Waals surface area (Å²) in [5, 5.41) is 0. The minimum absolute atomic E-state index is 0.0644. The number of rotatable bonds is 2. The van der Waals surface area contributed by atoms with Gasteiger partial charge in [-0.1, -0.05) is 18.2 Å². The quantitative estimate of drug-likeness (QED) is 0.655. The number of amides is 1. The average Bonchev–Trinajstić information content (AvgIpc) is 2.76. The number of para-hydroxylation sites is 1. The van der Waals surface area contributed by atoms with E-state index in [0.717, 1.165) is 31.5 Å². The summed E-state index contributed by atoms with van der Waals surface area (Å²) in [6.45, 7) is 0.717. The van der Waals surface area contributed by atoms with Gasteiger partial charge in [-0.2, -0.15) is 0 Å². The Balaban J connectivity index is 2.01. The molecule has 21 heavy (non-hydrogen) atoms. The van der Waals surface area contributed by atoms with Crippen LogP contribution in [0.15, 0.2) is 42.7 Å². The third kappa shape index (κ3) is 2.60. The Morgan fingerprint density at radius 1 is 1.24 bits per heavy atom. The molecule has 0 unspecified atom stereocenters. The zero-order valence-electron chi connectivity index (χ0n) is 11.7. The molecule has 0 aliphatic carbocycles. The first kappa shape index (κ1) is 13.6. The topological polar surface area (TPSA) is 71.2 Å². The Morgan fingerprint density at radius 3 is 2.95 bits per heavy atom. The molecular weight excluding hydrogens is 264 g/mol. The van der Waals surface area contributed by atoms with Crippen molar-refractivity contribution in [2.45, 2.75) is 19.3 Å². The first-order chi connectivity index (χ1) is 10.3. The van der Waals surface area contributed by atoms with E-state index in [1.54, 1.807) is 18.5 Å². The molecule has 0 saturated carbocycles. The van der Waals surface area contributed by atoms with E-state index in [0.29, 0.717) is 11.3 Å². The fourth-order valence-electron chi connectivity index (χ4n) is 2.74. The molecule has 0 fully saturated rings. The molecule has 0 atom stereocenters. The molecular formula is C16H18N4O. The van der Waals surface area contributed by atoms with Crippen molar-refractivity contribution in [3.63, 3.8) is 0 Å². The molecule has 2 heterocycles. The van der Waals surface area contributed by atoms with Crippen LogP contribution in [0.3, 0.4) is 0 Å². The minimum atomic E-state index is -0.0644. The van der Waals surface area contributed by atoms with Crippen molar-refractivity contribution in [2.24, 2.45) is 5.84 Å². The Bertz CT molecular complexity index is 656. The number of aryl methyl sites for hydroxylation is 1. The zero-order chi connectivity index (χ0) is 14.7. The van der Waals surface area contributed by atoms with Gasteiger partial charge in [-0.3, -0.25) is 15.6 Å². The van der Waals surface area contributed by atoms with Crippen molar-refractivity contribution in [1.29, 1.82) is 0 Å². The van der Waals surface area contributed by atoms with Gasteiger partial charge in [0.2, 0.25) is 0 Å². The number of fused-ring (bicyclic) bond motifs is 1. The van der Waals surface area contributed by atoms with E-state index < -0.39 is 0 Å². The van der Waals surface area contributed by atoms with Gasteiger partial charge in [-0.25, -0.2) is 0 Å². The number of nitrogen functional groups attached to an aromatic ring is 1. The van der Waals surface area contributed by atoms with Crippen LogP contribution in [0.1, 0.15) is 28.8 Å². The lowest BCUT2D eigenvalue weighted by molar-refractivity contribution is 0.0987. The van der Waals surface area contributed by atoms with Gasteiger partial charge in [0, 0.05) is 24.6 Å². The van der Waals surface area contributed by atoms with E-state index in [1.807, 2.05) is 23.1 Å². The molecule has 5 nitrogen and oxygen atoms in total. The smallest absolute Gasteiger partial charge is 0.262 e. The Labute approximate surface area is 123 Å². The van der Waals surface area contributed by atoms with Crippen LogP contribution in [0.5, 0.6) is 0 Å². The molecule has 2 aromatic rings. The fraction of sp³-hybridized carbons (Fsp3) is 0.250. The van der Waals surface area contributed by atoms with Crippen LogP contribution in [0, 0.1) is 0 Å². The van der Waals surface area contributed by atoms with E-state index >= 15 is 0 Å². The van der Waals surface area contributed by atoms with Crippen molar-refractivity contribution in [2.75, 3.05) is 16.9 Å². The van der Waals surface area contributed by atoms with Gasteiger partial charge in [0.15, 0.2) is 0 Å². The summed E-state index contributed by atoms with van der Waals surface area (Å²) in [6, 6.07) is 9.78. The molecule has 0 saturated heterocycles. The maximum atomic E-state index is 12.9. The van der Waals surface area contributed by atoms with Gasteiger partial charge in [-0.05, 0) is 37.0 Å². The predicted octanol–water partition coefficient (Wildman–Crippen LogP) is 2.35. The van der Waals surface area contributed by atoms with Crippen molar-refractivity contribution >= 4 is 17.3 Å². The van der Waals surface area contributed by atoms with Crippen molar-refractivity contribution in [1.82, 2.24) is 4.98 Å². The molecule has 0 radical (unpaired) electrons. The average molecular weight is 282 g/mol. The maximum Gasteiger partial charge on any atom is 0.262 e. The summed E-state index contributed by atoms with van der Waals surface area (Å²) >= 11 is 0. The monoisotopic (exact) mass is 282 g/mol. The second-order valence-corrected chi connectivity index (χ2v) is 5.11. The second-order valence-electron chi connectivity index (χ2n) is 5.11. The first-order valence-electron chi connectivity index (χ1n) is 7.11. The molecule has 0 bridgehead atoms. The molecule has 1 aliphatic heterocycles. The highest BCUT2D eigenvalue weighted by atomic mass is 16.2. The van der Waals surface area contributed by atoms with Crippen LogP contribution in [-0.2, 0) is 6.42 Å². The van der Waals surface area contributed by atoms with Gasteiger partial charge in [0.1, 0.15) is 0 Å². The number of hydrazine groups is 1. The van der Waals surface area contributed by atoms with E-state index in [9.17, 15) is 4.79 Å². The molecule has 1 aromatic heterocycles. The third-order valence-electron chi connectivity index (χ3n) is 3.81. The normalized spacial score (nSPS) is 14.2. The number of nitrogens with one attached hydrogen (secondary N) is 1. The second kappa shape index (κ2) is 5.93. The summed E-state index contributed by atoms with van der Waals surface area (Å²) in [4.78, 5) is 18.8. The number of anilines is 2. The van der Waals surface area contributed by atoms with E-state index in [1.165, 1.54) is 5.56 Å². The molecule has 1 aromatic carbocycles. The number of aromatic nitrogens is 1. The highest BCUT2D eigenvalue weighted by Crippen LogP contribution is 2.28. The first-order valence-corrected chi connectivity index (χ1v) is 7.11. The summed E-state index contributed by atoms with van der Waals surface area (Å²) in [5.41, 5.74) is 5.87. The number of nitrogens with zero attached hydrogens (tertiary/aromatic N) is 2. The fourth-order valence-corrected chi connectivity index (χ4v) is 2.74. The van der Waals surface area contributed by atoms with Crippen molar-refractivity contribution in [3.05, 3.63) is 53.9 Å². The minimum Gasteiger partial charge on any atom is -0.323 e. The van der Waals surface area contributed by atoms with Crippen LogP contribution >= 0.6 is 0 Å². The molecule has 5 heteroatoms. The van der Waals surface area contributed by atoms with Crippen LogP contribution in [0.2, 0.25) is 0 Å². The highest BCUT2D eigenvalue weighted by molar-refractivity contribution is 6.09. The van der Waals surface area contributed by atoms with Crippen molar-refractivity contribution < 1.29 is 4.79 Å². The summed E-state index contributed by atoms with van der Waals surface area (Å²) in [6.07, 6.45) is 6.27. The van der Waals surface area contributed by atoms with E-state index in [2.05, 4.69) is 16.5 Å². The van der Waals surface area contributed by atoms with E-state index in [-0.39, 0.29) is 5.91 Å². The SMILES string of the molecule is NNc1ccncc1C(=O)N1CCCCc2ccccc21.